The average molecular weight is 280 g/mol. The molecule has 0 aliphatic heterocycles. The van der Waals surface area contributed by atoms with Gasteiger partial charge in [-0.2, -0.15) is 4.98 Å². The van der Waals surface area contributed by atoms with Crippen LogP contribution in [0.3, 0.4) is 0 Å². The Bertz CT molecular complexity index is 592. The summed E-state index contributed by atoms with van der Waals surface area (Å²) in [5, 5.41) is 14.0. The summed E-state index contributed by atoms with van der Waals surface area (Å²) in [5.74, 6) is 0.935. The van der Waals surface area contributed by atoms with Crippen LogP contribution in [0.25, 0.3) is 10.2 Å². The molecule has 0 saturated carbocycles. The molecule has 0 aromatic carbocycles. The number of aliphatic hydroxyl groups excluding tert-OH is 1. The zero-order valence-electron chi connectivity index (χ0n) is 11.7. The van der Waals surface area contributed by atoms with Crippen LogP contribution >= 0.6 is 11.3 Å². The topological polar surface area (TPSA) is 84.1 Å². The van der Waals surface area contributed by atoms with E-state index in [0.717, 1.165) is 16.6 Å². The predicted molar refractivity (Wildman–Crippen MR) is 80.6 cm³/mol. The van der Waals surface area contributed by atoms with Crippen LogP contribution in [0.2, 0.25) is 0 Å². The van der Waals surface area contributed by atoms with Crippen molar-refractivity contribution in [2.75, 3.05) is 11.1 Å². The molecule has 0 amide bonds. The first-order chi connectivity index (χ1) is 8.83. The van der Waals surface area contributed by atoms with Crippen molar-refractivity contribution in [2.45, 2.75) is 45.8 Å². The van der Waals surface area contributed by atoms with E-state index in [0.29, 0.717) is 5.82 Å². The molecule has 5 nitrogen and oxygen atoms in total. The van der Waals surface area contributed by atoms with E-state index in [1.54, 1.807) is 18.3 Å². The highest BCUT2D eigenvalue weighted by Gasteiger charge is 2.25. The highest BCUT2D eigenvalue weighted by atomic mass is 32.1. The Morgan fingerprint density at radius 3 is 2.74 bits per heavy atom. The lowest BCUT2D eigenvalue weighted by Gasteiger charge is -2.30. The standard InChI is InChI=1S/C13H20N4OS/c1-5-8-6-9-10(17-13(3,4)7(2)18)15-12(14)16-11(9)19-8/h6-7,18H,5H2,1-4H3,(H3,14,15,16,17). The third kappa shape index (κ3) is 2.79. The molecular weight excluding hydrogens is 260 g/mol. The first-order valence-electron chi connectivity index (χ1n) is 6.35. The van der Waals surface area contributed by atoms with Gasteiger partial charge in [0.2, 0.25) is 5.95 Å². The maximum absolute atomic E-state index is 9.80. The Labute approximate surface area is 116 Å². The quantitative estimate of drug-likeness (QED) is 0.801. The van der Waals surface area contributed by atoms with Gasteiger partial charge in [-0.1, -0.05) is 6.92 Å². The Morgan fingerprint density at radius 1 is 1.47 bits per heavy atom. The van der Waals surface area contributed by atoms with E-state index in [1.807, 2.05) is 13.8 Å². The first kappa shape index (κ1) is 14.0. The van der Waals surface area contributed by atoms with Gasteiger partial charge in [-0.05, 0) is 33.3 Å². The van der Waals surface area contributed by atoms with Crippen LogP contribution < -0.4 is 11.1 Å². The van der Waals surface area contributed by atoms with Crippen LogP contribution in [0.5, 0.6) is 0 Å². The lowest BCUT2D eigenvalue weighted by Crippen LogP contribution is -2.42. The summed E-state index contributed by atoms with van der Waals surface area (Å²) in [6.07, 6.45) is 0.447. The molecule has 0 aliphatic carbocycles. The molecular formula is C13H20N4OS. The van der Waals surface area contributed by atoms with Crippen molar-refractivity contribution in [1.29, 1.82) is 0 Å². The number of aliphatic hydroxyl groups is 1. The Kier molecular flexibility index (Phi) is 3.64. The second-order valence-electron chi connectivity index (χ2n) is 5.24. The van der Waals surface area contributed by atoms with Crippen molar-refractivity contribution in [1.82, 2.24) is 9.97 Å². The number of hydrogen-bond donors (Lipinski definition) is 3. The van der Waals surface area contributed by atoms with Gasteiger partial charge in [0.05, 0.1) is 17.0 Å². The predicted octanol–water partition coefficient (Wildman–Crippen LogP) is 2.41. The SMILES string of the molecule is CCc1cc2c(NC(C)(C)C(C)O)nc(N)nc2s1. The fourth-order valence-electron chi connectivity index (χ4n) is 1.67. The number of hydrogen-bond acceptors (Lipinski definition) is 6. The van der Waals surface area contributed by atoms with Gasteiger partial charge in [-0.25, -0.2) is 4.98 Å². The Hall–Kier alpha value is -1.40. The zero-order chi connectivity index (χ0) is 14.2. The highest BCUT2D eigenvalue weighted by Crippen LogP contribution is 2.31. The third-order valence-corrected chi connectivity index (χ3v) is 4.47. The van der Waals surface area contributed by atoms with Gasteiger partial charge < -0.3 is 16.2 Å². The largest absolute Gasteiger partial charge is 0.391 e. The summed E-state index contributed by atoms with van der Waals surface area (Å²) in [4.78, 5) is 10.7. The molecule has 6 heteroatoms. The van der Waals surface area contributed by atoms with Gasteiger partial charge >= 0.3 is 0 Å². The second kappa shape index (κ2) is 4.94. The number of aromatic nitrogens is 2. The van der Waals surface area contributed by atoms with E-state index in [4.69, 9.17) is 5.73 Å². The Morgan fingerprint density at radius 2 is 2.16 bits per heavy atom. The van der Waals surface area contributed by atoms with Gasteiger partial charge in [-0.15, -0.1) is 11.3 Å². The molecule has 19 heavy (non-hydrogen) atoms. The fraction of sp³-hybridized carbons (Fsp3) is 0.538. The molecule has 2 rings (SSSR count). The van der Waals surface area contributed by atoms with Crippen LogP contribution in [0.15, 0.2) is 6.07 Å². The van der Waals surface area contributed by atoms with E-state index in [1.165, 1.54) is 4.88 Å². The molecule has 0 fully saturated rings. The molecule has 0 spiro atoms. The van der Waals surface area contributed by atoms with E-state index in [9.17, 15) is 5.11 Å². The van der Waals surface area contributed by atoms with Crippen molar-refractivity contribution in [2.24, 2.45) is 0 Å². The number of rotatable bonds is 4. The van der Waals surface area contributed by atoms with Crippen LogP contribution in [-0.2, 0) is 6.42 Å². The van der Waals surface area contributed by atoms with Crippen LogP contribution in [0, 0.1) is 0 Å². The summed E-state index contributed by atoms with van der Waals surface area (Å²) in [6.45, 7) is 7.71. The molecule has 0 bridgehead atoms. The molecule has 2 aromatic heterocycles. The molecule has 4 N–H and O–H groups in total. The van der Waals surface area contributed by atoms with Gasteiger partial charge in [-0.3, -0.25) is 0 Å². The van der Waals surface area contributed by atoms with E-state index < -0.39 is 11.6 Å². The fourth-order valence-corrected chi connectivity index (χ4v) is 2.64. The summed E-state index contributed by atoms with van der Waals surface area (Å²) < 4.78 is 0. The van der Waals surface area contributed by atoms with Crippen molar-refractivity contribution in [3.05, 3.63) is 10.9 Å². The van der Waals surface area contributed by atoms with E-state index >= 15 is 0 Å². The van der Waals surface area contributed by atoms with Crippen LogP contribution in [-0.4, -0.2) is 26.7 Å². The molecule has 1 atom stereocenters. The third-order valence-electron chi connectivity index (χ3n) is 3.29. The van der Waals surface area contributed by atoms with E-state index in [-0.39, 0.29) is 5.95 Å². The normalized spacial score (nSPS) is 13.7. The van der Waals surface area contributed by atoms with Gasteiger partial charge in [0.25, 0.3) is 0 Å². The molecule has 0 saturated heterocycles. The maximum Gasteiger partial charge on any atom is 0.223 e. The number of thiophene rings is 1. The van der Waals surface area contributed by atoms with Crippen molar-refractivity contribution >= 4 is 33.3 Å². The molecule has 0 radical (unpaired) electrons. The number of fused-ring (bicyclic) bond motifs is 1. The highest BCUT2D eigenvalue weighted by molar-refractivity contribution is 7.18. The van der Waals surface area contributed by atoms with Crippen molar-refractivity contribution in [3.63, 3.8) is 0 Å². The van der Waals surface area contributed by atoms with Crippen LogP contribution in [0.4, 0.5) is 11.8 Å². The van der Waals surface area contributed by atoms with E-state index in [2.05, 4.69) is 28.3 Å². The van der Waals surface area contributed by atoms with Gasteiger partial charge in [0.15, 0.2) is 0 Å². The van der Waals surface area contributed by atoms with Crippen molar-refractivity contribution in [3.8, 4) is 0 Å². The van der Waals surface area contributed by atoms with Crippen LogP contribution in [0.1, 0.15) is 32.6 Å². The Balaban J connectivity index is 2.50. The summed E-state index contributed by atoms with van der Waals surface area (Å²) in [5.41, 5.74) is 5.27. The number of nitrogens with zero attached hydrogens (tertiary/aromatic N) is 2. The second-order valence-corrected chi connectivity index (χ2v) is 6.35. The minimum Gasteiger partial charge on any atom is -0.391 e. The first-order valence-corrected chi connectivity index (χ1v) is 7.17. The number of nitrogens with two attached hydrogens (primary N) is 1. The zero-order valence-corrected chi connectivity index (χ0v) is 12.5. The van der Waals surface area contributed by atoms with Gasteiger partial charge in [0, 0.05) is 4.88 Å². The molecule has 1 unspecified atom stereocenters. The number of nitrogens with one attached hydrogen (secondary N) is 1. The molecule has 0 aliphatic rings. The number of anilines is 2. The minimum atomic E-state index is -0.511. The number of aryl methyl sites for hydroxylation is 1. The monoisotopic (exact) mass is 280 g/mol. The van der Waals surface area contributed by atoms with Crippen molar-refractivity contribution < 1.29 is 5.11 Å². The minimum absolute atomic E-state index is 0.251. The molecule has 2 aromatic rings. The summed E-state index contributed by atoms with van der Waals surface area (Å²) in [7, 11) is 0. The maximum atomic E-state index is 9.80. The van der Waals surface area contributed by atoms with Gasteiger partial charge in [0.1, 0.15) is 10.6 Å². The lowest BCUT2D eigenvalue weighted by atomic mass is 9.99. The smallest absolute Gasteiger partial charge is 0.223 e. The number of nitrogen functional groups attached to an aromatic ring is 1. The lowest BCUT2D eigenvalue weighted by molar-refractivity contribution is 0.133. The summed E-state index contributed by atoms with van der Waals surface area (Å²) in [6, 6.07) is 2.08. The molecule has 2 heterocycles. The molecule has 104 valence electrons. The average Bonchev–Trinajstić information content (AvgIpc) is 2.71. The summed E-state index contributed by atoms with van der Waals surface area (Å²) >= 11 is 1.63.